The number of aromatic nitrogens is 3. The zero-order valence-corrected chi connectivity index (χ0v) is 41.7. The van der Waals surface area contributed by atoms with Crippen LogP contribution in [0, 0.1) is 0 Å². The van der Waals surface area contributed by atoms with Gasteiger partial charge in [-0.3, -0.25) is 22.8 Å². The number of hydrogen-bond acceptors (Lipinski definition) is 24. The van der Waals surface area contributed by atoms with E-state index in [2.05, 4.69) is 51.4 Å². The van der Waals surface area contributed by atoms with Crippen LogP contribution in [0.3, 0.4) is 0 Å². The molecule has 0 fully saturated rings. The van der Waals surface area contributed by atoms with E-state index in [1.807, 2.05) is 0 Å². The summed E-state index contributed by atoms with van der Waals surface area (Å²) >= 11 is 0. The second-order valence-electron chi connectivity index (χ2n) is 15.5. The molecule has 1 aromatic heterocycles. The van der Waals surface area contributed by atoms with Crippen molar-refractivity contribution in [1.29, 1.82) is 0 Å². The zero-order valence-electron chi connectivity index (χ0n) is 37.6. The van der Waals surface area contributed by atoms with Crippen molar-refractivity contribution in [3.8, 4) is 23.3 Å². The van der Waals surface area contributed by atoms with Gasteiger partial charge in [0, 0.05) is 34.6 Å². The molecule has 76 heavy (non-hydrogen) atoms. The number of fused-ring (bicyclic) bond motifs is 2. The number of benzene rings is 7. The summed E-state index contributed by atoms with van der Waals surface area (Å²) in [5, 5.41) is 56.8. The van der Waals surface area contributed by atoms with Gasteiger partial charge in [-0.15, -0.1) is 20.5 Å². The smallest absolute Gasteiger partial charge is 0.320 e. The molecular weight excluding hydrogens is 1110 g/mol. The maximum absolute atomic E-state index is 12.8. The van der Waals surface area contributed by atoms with E-state index in [0.717, 1.165) is 67.8 Å². The van der Waals surface area contributed by atoms with Crippen LogP contribution in [-0.2, 0) is 50.6 Å². The predicted octanol–water partition coefficient (Wildman–Crippen LogP) is 7.60. The zero-order chi connectivity index (χ0) is 55.3. The molecule has 0 amide bonds. The number of phenolic OH excluding ortho intramolecular Hbond substituents is 2. The highest BCUT2D eigenvalue weighted by Gasteiger charge is 2.25. The lowest BCUT2D eigenvalue weighted by atomic mass is 10.1. The van der Waals surface area contributed by atoms with Crippen molar-refractivity contribution in [2.45, 2.75) is 24.5 Å². The Morgan fingerprint density at radius 2 is 1.01 bits per heavy atom. The minimum absolute atomic E-state index is 0.0150. The lowest BCUT2D eigenvalue weighted by Gasteiger charge is -2.14. The van der Waals surface area contributed by atoms with Gasteiger partial charge < -0.3 is 36.0 Å². The van der Waals surface area contributed by atoms with Crippen LogP contribution in [-0.4, -0.2) is 102 Å². The molecule has 0 saturated carbocycles. The fourth-order valence-corrected chi connectivity index (χ4v) is 9.84. The molecule has 0 aliphatic rings. The Morgan fingerprint density at radius 1 is 0.474 bits per heavy atom. The lowest BCUT2D eigenvalue weighted by molar-refractivity contribution is 0.416. The molecule has 0 aliphatic heterocycles. The Bertz CT molecular complexity index is 4390. The molecule has 0 radical (unpaired) electrons. The first-order chi connectivity index (χ1) is 35.4. The van der Waals surface area contributed by atoms with Gasteiger partial charge in [-0.05, 0) is 89.6 Å². The first kappa shape index (κ1) is 53.7. The van der Waals surface area contributed by atoms with E-state index in [4.69, 9.17) is 4.74 Å². The quantitative estimate of drug-likeness (QED) is 0.0327. The molecule has 1 heterocycles. The number of ether oxygens (including phenoxy) is 1. The van der Waals surface area contributed by atoms with E-state index in [0.29, 0.717) is 6.07 Å². The first-order valence-electron chi connectivity index (χ1n) is 20.4. The maximum atomic E-state index is 12.8. The molecule has 0 spiro atoms. The van der Waals surface area contributed by atoms with Crippen molar-refractivity contribution in [1.82, 2.24) is 15.0 Å². The summed E-state index contributed by atoms with van der Waals surface area (Å²) in [6, 6.07) is 18.8. The van der Waals surface area contributed by atoms with Gasteiger partial charge in [0.1, 0.15) is 33.5 Å². The third kappa shape index (κ3) is 12.0. The fourth-order valence-electron chi connectivity index (χ4n) is 7.06. The topological polar surface area (TPSA) is 466 Å². The highest BCUT2D eigenvalue weighted by Crippen LogP contribution is 2.46. The highest BCUT2D eigenvalue weighted by atomic mass is 32.2. The number of hydrogen-bond donors (Lipinski definition) is 11. The summed E-state index contributed by atoms with van der Waals surface area (Å²) in [5.74, 6) is -2.99. The molecule has 29 nitrogen and oxygen atoms in total. The molecule has 394 valence electrons. The Hall–Kier alpha value is -8.58. The number of nitrogens with one attached hydrogen (secondary N) is 3. The molecule has 8 aromatic rings. The van der Waals surface area contributed by atoms with Crippen LogP contribution in [0.1, 0.15) is 0 Å². The van der Waals surface area contributed by atoms with Gasteiger partial charge >= 0.3 is 6.01 Å². The molecule has 34 heteroatoms. The average molecular weight is 1140 g/mol. The molecule has 0 aliphatic carbocycles. The van der Waals surface area contributed by atoms with E-state index >= 15 is 0 Å². The van der Waals surface area contributed by atoms with Crippen molar-refractivity contribution in [2.24, 2.45) is 20.5 Å². The molecule has 0 atom stereocenters. The number of anilines is 6. The SMILES string of the molecule is COc1cc(N=Nc2cc(S(=O)(=O)O)cc3cc(S(=O)(=O)O)cc(O)c23)c(Nc2nc(O)nc(Nc3cccc(S(=O)(=O)O)c3)n2)cc1N=Nc1c(S(=O)(=O)O)cc2ccc(Nc3cccc(S(=O)(=O)O)c3)cc2c1O. The van der Waals surface area contributed by atoms with Crippen LogP contribution >= 0.6 is 0 Å². The Balaban J connectivity index is 1.28. The third-order valence-corrected chi connectivity index (χ3v) is 14.6. The number of rotatable bonds is 16. The lowest BCUT2D eigenvalue weighted by Crippen LogP contribution is -2.04. The molecule has 7 aromatic carbocycles. The molecule has 0 unspecified atom stereocenters. The van der Waals surface area contributed by atoms with E-state index < -0.39 is 116 Å². The molecule has 0 bridgehead atoms. The van der Waals surface area contributed by atoms with Crippen LogP contribution in [0.5, 0.6) is 23.3 Å². The largest absolute Gasteiger partial charge is 0.507 e. The van der Waals surface area contributed by atoms with Gasteiger partial charge in [-0.1, -0.05) is 18.2 Å². The van der Waals surface area contributed by atoms with Crippen LogP contribution in [0.2, 0.25) is 0 Å². The number of methoxy groups -OCH3 is 1. The van der Waals surface area contributed by atoms with Crippen LogP contribution in [0.15, 0.2) is 154 Å². The van der Waals surface area contributed by atoms with Crippen molar-refractivity contribution >= 4 is 130 Å². The van der Waals surface area contributed by atoms with E-state index in [1.165, 1.54) is 42.5 Å². The summed E-state index contributed by atoms with van der Waals surface area (Å²) in [4.78, 5) is 8.04. The second-order valence-corrected chi connectivity index (χ2v) is 22.6. The van der Waals surface area contributed by atoms with Crippen molar-refractivity contribution in [3.05, 3.63) is 109 Å². The normalized spacial score (nSPS) is 12.7. The van der Waals surface area contributed by atoms with Gasteiger partial charge in [-0.2, -0.15) is 57.0 Å². The fraction of sp³-hybridized carbons (Fsp3) is 0.0238. The predicted molar refractivity (Wildman–Crippen MR) is 266 cm³/mol. The maximum Gasteiger partial charge on any atom is 0.320 e. The highest BCUT2D eigenvalue weighted by molar-refractivity contribution is 7.87. The summed E-state index contributed by atoms with van der Waals surface area (Å²) in [5.41, 5.74) is -2.03. The first-order valence-corrected chi connectivity index (χ1v) is 27.6. The number of nitrogens with zero attached hydrogens (tertiary/aromatic N) is 7. The Morgan fingerprint density at radius 3 is 1.59 bits per heavy atom. The molecule has 11 N–H and O–H groups in total. The second kappa shape index (κ2) is 19.9. The molecular formula is C42H32N10O19S5. The van der Waals surface area contributed by atoms with Gasteiger partial charge in [0.05, 0.1) is 43.5 Å². The van der Waals surface area contributed by atoms with Crippen molar-refractivity contribution in [3.63, 3.8) is 0 Å². The molecule has 8 rings (SSSR count). The van der Waals surface area contributed by atoms with Crippen LogP contribution < -0.4 is 20.7 Å². The van der Waals surface area contributed by atoms with Crippen LogP contribution in [0.25, 0.3) is 21.5 Å². The summed E-state index contributed by atoms with van der Waals surface area (Å²) < 4.78 is 176. The summed E-state index contributed by atoms with van der Waals surface area (Å²) in [6.07, 6.45) is 0. The summed E-state index contributed by atoms with van der Waals surface area (Å²) in [6.45, 7) is 0. The number of phenols is 2. The van der Waals surface area contributed by atoms with Crippen molar-refractivity contribution < 1.29 is 84.9 Å². The minimum atomic E-state index is -5.20. The number of aromatic hydroxyl groups is 3. The minimum Gasteiger partial charge on any atom is -0.507 e. The van der Waals surface area contributed by atoms with Crippen LogP contribution in [0.4, 0.5) is 57.4 Å². The standard InChI is InChI=1S/C42H32N10O19S5/c1-71-35-19-31(49-51-33-16-27(74(62,63)64)10-21-11-28(75(65,66)67)17-34(53)37(21)33)30(45-41-46-40(47-42(55)48-41)44-23-5-3-7-26(14-23)73(59,60)61)18-32(35)50-52-38-36(76(68,69)70)12-20-8-9-24(15-29(20)39(38)54)43-22-4-2-6-25(13-22)72(56,57)58/h2-19,43,53-54H,1H3,(H,56,57,58)(H,59,60,61)(H,62,63,64)(H,65,66,67)(H,68,69,70)(H3,44,45,46,47,48,55). The Labute approximate surface area is 427 Å². The van der Waals surface area contributed by atoms with E-state index in [-0.39, 0.29) is 61.4 Å². The van der Waals surface area contributed by atoms with Gasteiger partial charge in [0.2, 0.25) is 11.9 Å². The van der Waals surface area contributed by atoms with Crippen molar-refractivity contribution in [2.75, 3.05) is 23.1 Å². The van der Waals surface area contributed by atoms with Gasteiger partial charge in [0.15, 0.2) is 5.75 Å². The van der Waals surface area contributed by atoms with Gasteiger partial charge in [0.25, 0.3) is 50.6 Å². The summed E-state index contributed by atoms with van der Waals surface area (Å²) in [7, 11) is -23.4. The van der Waals surface area contributed by atoms with Gasteiger partial charge in [-0.25, -0.2) is 0 Å². The Kier molecular flexibility index (Phi) is 14.1. The van der Waals surface area contributed by atoms with E-state index in [9.17, 15) is 80.2 Å². The monoisotopic (exact) mass is 1140 g/mol. The average Bonchev–Trinajstić information content (AvgIpc) is 3.32. The van der Waals surface area contributed by atoms with E-state index in [1.54, 1.807) is 0 Å². The molecule has 0 saturated heterocycles. The third-order valence-electron chi connectivity index (χ3n) is 10.4. The number of azo groups is 2.